The molecule has 1 amide bonds. The SMILES string of the molecule is COC(=O)c1cccc(NC(=O)c2ccnc(Nc3ccccc3C#N)c2)c1. The first-order valence-corrected chi connectivity index (χ1v) is 8.32. The molecule has 3 aromatic rings. The molecule has 2 N–H and O–H groups in total. The van der Waals surface area contributed by atoms with Gasteiger partial charge in [0.15, 0.2) is 0 Å². The second-order valence-corrected chi connectivity index (χ2v) is 5.74. The number of hydrogen-bond donors (Lipinski definition) is 2. The van der Waals surface area contributed by atoms with Gasteiger partial charge in [-0.1, -0.05) is 18.2 Å². The molecule has 1 heterocycles. The molecule has 0 saturated heterocycles. The van der Waals surface area contributed by atoms with Crippen LogP contribution in [0.3, 0.4) is 0 Å². The van der Waals surface area contributed by atoms with Crippen LogP contribution < -0.4 is 10.6 Å². The molecule has 7 nitrogen and oxygen atoms in total. The van der Waals surface area contributed by atoms with Crippen molar-refractivity contribution in [3.63, 3.8) is 0 Å². The number of methoxy groups -OCH3 is 1. The van der Waals surface area contributed by atoms with Gasteiger partial charge in [0.05, 0.1) is 23.9 Å². The minimum atomic E-state index is -0.484. The number of amides is 1. The Labute approximate surface area is 161 Å². The van der Waals surface area contributed by atoms with Crippen molar-refractivity contribution in [2.75, 3.05) is 17.7 Å². The van der Waals surface area contributed by atoms with Crippen LogP contribution in [0.1, 0.15) is 26.3 Å². The normalized spacial score (nSPS) is 9.86. The first-order chi connectivity index (χ1) is 13.6. The molecule has 0 aliphatic carbocycles. The summed E-state index contributed by atoms with van der Waals surface area (Å²) in [5.74, 6) is -0.414. The number of anilines is 3. The number of nitrogens with zero attached hydrogens (tertiary/aromatic N) is 2. The van der Waals surface area contributed by atoms with Gasteiger partial charge in [-0.2, -0.15) is 5.26 Å². The Kier molecular flexibility index (Phi) is 5.63. The smallest absolute Gasteiger partial charge is 0.337 e. The van der Waals surface area contributed by atoms with Crippen LogP contribution in [0.5, 0.6) is 0 Å². The summed E-state index contributed by atoms with van der Waals surface area (Å²) in [6.07, 6.45) is 1.50. The monoisotopic (exact) mass is 372 g/mol. The summed E-state index contributed by atoms with van der Waals surface area (Å²) in [7, 11) is 1.30. The Balaban J connectivity index is 1.78. The quantitative estimate of drug-likeness (QED) is 0.661. The van der Waals surface area contributed by atoms with E-state index in [1.165, 1.54) is 19.4 Å². The first-order valence-electron chi connectivity index (χ1n) is 8.32. The van der Waals surface area contributed by atoms with Crippen LogP contribution >= 0.6 is 0 Å². The van der Waals surface area contributed by atoms with Gasteiger partial charge in [0.2, 0.25) is 0 Å². The number of carbonyl (C=O) groups excluding carboxylic acids is 2. The molecular weight excluding hydrogens is 356 g/mol. The summed E-state index contributed by atoms with van der Waals surface area (Å²) in [6.45, 7) is 0. The van der Waals surface area contributed by atoms with Crippen molar-refractivity contribution in [2.45, 2.75) is 0 Å². The lowest BCUT2D eigenvalue weighted by Crippen LogP contribution is -2.13. The van der Waals surface area contributed by atoms with E-state index >= 15 is 0 Å². The molecule has 3 rings (SSSR count). The number of pyridine rings is 1. The minimum Gasteiger partial charge on any atom is -0.465 e. The van der Waals surface area contributed by atoms with Gasteiger partial charge in [0.25, 0.3) is 5.91 Å². The molecular formula is C21H16N4O3. The molecule has 0 fully saturated rings. The molecule has 0 aliphatic rings. The maximum Gasteiger partial charge on any atom is 0.337 e. The molecule has 0 saturated carbocycles. The first kappa shape index (κ1) is 18.6. The lowest BCUT2D eigenvalue weighted by molar-refractivity contribution is 0.0600. The summed E-state index contributed by atoms with van der Waals surface area (Å²) in [5.41, 5.74) is 2.24. The van der Waals surface area contributed by atoms with Crippen LogP contribution in [-0.2, 0) is 4.74 Å². The largest absolute Gasteiger partial charge is 0.465 e. The predicted octanol–water partition coefficient (Wildman–Crippen LogP) is 3.74. The highest BCUT2D eigenvalue weighted by Gasteiger charge is 2.11. The van der Waals surface area contributed by atoms with Crippen LogP contribution in [0.2, 0.25) is 0 Å². The summed E-state index contributed by atoms with van der Waals surface area (Å²) in [5, 5.41) is 15.0. The lowest BCUT2D eigenvalue weighted by atomic mass is 10.1. The molecule has 0 radical (unpaired) electrons. The van der Waals surface area contributed by atoms with Crippen LogP contribution in [0.25, 0.3) is 0 Å². The second kappa shape index (κ2) is 8.47. The number of para-hydroxylation sites is 1. The van der Waals surface area contributed by atoms with Gasteiger partial charge >= 0.3 is 5.97 Å². The highest BCUT2D eigenvalue weighted by atomic mass is 16.5. The topological polar surface area (TPSA) is 104 Å². The number of carbonyl (C=O) groups is 2. The van der Waals surface area contributed by atoms with Crippen molar-refractivity contribution >= 4 is 29.1 Å². The lowest BCUT2D eigenvalue weighted by Gasteiger charge is -2.10. The van der Waals surface area contributed by atoms with Crippen LogP contribution in [0, 0.1) is 11.3 Å². The fourth-order valence-electron chi connectivity index (χ4n) is 2.51. The van der Waals surface area contributed by atoms with E-state index in [1.54, 1.807) is 54.6 Å². The van der Waals surface area contributed by atoms with Crippen molar-refractivity contribution in [3.05, 3.63) is 83.6 Å². The molecule has 28 heavy (non-hydrogen) atoms. The van der Waals surface area contributed by atoms with Crippen molar-refractivity contribution in [1.29, 1.82) is 5.26 Å². The third kappa shape index (κ3) is 4.31. The second-order valence-electron chi connectivity index (χ2n) is 5.74. The van der Waals surface area contributed by atoms with Crippen LogP contribution in [0.15, 0.2) is 66.9 Å². The molecule has 138 valence electrons. The fourth-order valence-corrected chi connectivity index (χ4v) is 2.51. The molecule has 0 bridgehead atoms. The van der Waals surface area contributed by atoms with E-state index in [1.807, 2.05) is 0 Å². The van der Waals surface area contributed by atoms with Gasteiger partial charge in [-0.25, -0.2) is 9.78 Å². The van der Waals surface area contributed by atoms with Gasteiger partial charge in [-0.05, 0) is 42.5 Å². The van der Waals surface area contributed by atoms with E-state index in [4.69, 9.17) is 0 Å². The van der Waals surface area contributed by atoms with Gasteiger partial charge in [0, 0.05) is 17.4 Å². The zero-order valence-corrected chi connectivity index (χ0v) is 15.0. The summed E-state index contributed by atoms with van der Waals surface area (Å²) < 4.78 is 4.68. The number of ether oxygens (including phenoxy) is 1. The molecule has 0 spiro atoms. The van der Waals surface area contributed by atoms with Crippen molar-refractivity contribution < 1.29 is 14.3 Å². The predicted molar refractivity (Wildman–Crippen MR) is 104 cm³/mol. The van der Waals surface area contributed by atoms with Crippen molar-refractivity contribution in [2.24, 2.45) is 0 Å². The molecule has 7 heteroatoms. The summed E-state index contributed by atoms with van der Waals surface area (Å²) >= 11 is 0. The molecule has 0 unspecified atom stereocenters. The Morgan fingerprint density at radius 1 is 1.04 bits per heavy atom. The Morgan fingerprint density at radius 3 is 2.64 bits per heavy atom. The average molecular weight is 372 g/mol. The minimum absolute atomic E-state index is 0.338. The highest BCUT2D eigenvalue weighted by molar-refractivity contribution is 6.05. The van der Waals surface area contributed by atoms with Crippen molar-refractivity contribution in [3.8, 4) is 6.07 Å². The Bertz CT molecular complexity index is 1070. The van der Waals surface area contributed by atoms with E-state index in [-0.39, 0.29) is 5.91 Å². The summed E-state index contributed by atoms with van der Waals surface area (Å²) in [6, 6.07) is 18.7. The molecule has 0 aliphatic heterocycles. The van der Waals surface area contributed by atoms with Gasteiger partial charge in [-0.3, -0.25) is 4.79 Å². The zero-order chi connectivity index (χ0) is 19.9. The number of aromatic nitrogens is 1. The fraction of sp³-hybridized carbons (Fsp3) is 0.0476. The number of esters is 1. The number of nitriles is 1. The zero-order valence-electron chi connectivity index (χ0n) is 15.0. The third-order valence-corrected chi connectivity index (χ3v) is 3.87. The van der Waals surface area contributed by atoms with E-state index in [0.29, 0.717) is 33.9 Å². The Morgan fingerprint density at radius 2 is 1.86 bits per heavy atom. The maximum absolute atomic E-state index is 12.6. The summed E-state index contributed by atoms with van der Waals surface area (Å²) in [4.78, 5) is 28.4. The number of rotatable bonds is 5. The van der Waals surface area contributed by atoms with Crippen LogP contribution in [-0.4, -0.2) is 24.0 Å². The standard InChI is InChI=1S/C21H16N4O3/c1-28-21(27)15-6-4-7-17(11-15)24-20(26)14-9-10-23-19(12-14)25-18-8-3-2-5-16(18)13-22/h2-12H,1H3,(H,23,25)(H,24,26). The van der Waals surface area contributed by atoms with E-state index in [2.05, 4.69) is 26.4 Å². The van der Waals surface area contributed by atoms with E-state index < -0.39 is 5.97 Å². The number of benzene rings is 2. The number of nitrogens with one attached hydrogen (secondary N) is 2. The van der Waals surface area contributed by atoms with Crippen molar-refractivity contribution in [1.82, 2.24) is 4.98 Å². The highest BCUT2D eigenvalue weighted by Crippen LogP contribution is 2.20. The van der Waals surface area contributed by atoms with Gasteiger partial charge < -0.3 is 15.4 Å². The van der Waals surface area contributed by atoms with Gasteiger partial charge in [-0.15, -0.1) is 0 Å². The molecule has 1 aromatic heterocycles. The van der Waals surface area contributed by atoms with Crippen LogP contribution in [0.4, 0.5) is 17.2 Å². The van der Waals surface area contributed by atoms with E-state index in [9.17, 15) is 14.9 Å². The number of hydrogen-bond acceptors (Lipinski definition) is 6. The molecule has 2 aromatic carbocycles. The third-order valence-electron chi connectivity index (χ3n) is 3.87. The van der Waals surface area contributed by atoms with E-state index in [0.717, 1.165) is 0 Å². The van der Waals surface area contributed by atoms with Gasteiger partial charge in [0.1, 0.15) is 11.9 Å². The Hall–Kier alpha value is -4.18. The molecule has 0 atom stereocenters. The maximum atomic E-state index is 12.6. The average Bonchev–Trinajstić information content (AvgIpc) is 2.74.